The third kappa shape index (κ3) is 1.31. The maximum Gasteiger partial charge on any atom is 0.284 e. The van der Waals surface area contributed by atoms with Crippen LogP contribution in [0.4, 0.5) is 0 Å². The van der Waals surface area contributed by atoms with Crippen LogP contribution in [0.15, 0.2) is 15.2 Å². The summed E-state index contributed by atoms with van der Waals surface area (Å²) in [5.41, 5.74) is 5.80. The van der Waals surface area contributed by atoms with Gasteiger partial charge in [-0.15, -0.1) is 10.2 Å². The van der Waals surface area contributed by atoms with Gasteiger partial charge in [-0.1, -0.05) is 13.8 Å². The van der Waals surface area contributed by atoms with Gasteiger partial charge in [-0.3, -0.25) is 10.8 Å². The Morgan fingerprint density at radius 3 is 2.79 bits per heavy atom. The van der Waals surface area contributed by atoms with Crippen molar-refractivity contribution < 1.29 is 0 Å². The van der Waals surface area contributed by atoms with Crippen molar-refractivity contribution in [2.24, 2.45) is 21.0 Å². The number of aliphatic imine (C=N–C) groups is 1. The highest BCUT2D eigenvalue weighted by atomic mass is 15.4. The van der Waals surface area contributed by atoms with Gasteiger partial charge < -0.3 is 0 Å². The van der Waals surface area contributed by atoms with E-state index in [1.165, 1.54) is 6.34 Å². The maximum absolute atomic E-state index is 5.80. The Labute approximate surface area is 80.5 Å². The summed E-state index contributed by atoms with van der Waals surface area (Å²) in [7, 11) is 0. The average molecular weight is 193 g/mol. The lowest BCUT2D eigenvalue weighted by molar-refractivity contribution is 0.461. The fraction of sp³-hybridized carbons (Fsp3) is 0.571. The second-order valence-corrected chi connectivity index (χ2v) is 3.38. The smallest absolute Gasteiger partial charge is 0.280 e. The van der Waals surface area contributed by atoms with Crippen LogP contribution in [0.5, 0.6) is 0 Å². The number of H-pyrrole nitrogens is 1. The van der Waals surface area contributed by atoms with E-state index < -0.39 is 5.79 Å². The van der Waals surface area contributed by atoms with Crippen LogP contribution in [0.2, 0.25) is 0 Å². The first-order chi connectivity index (χ1) is 6.62. The van der Waals surface area contributed by atoms with Crippen molar-refractivity contribution >= 4 is 6.34 Å². The first-order valence-electron chi connectivity index (χ1n) is 4.29. The number of aromatic amines is 1. The molecule has 2 heterocycles. The van der Waals surface area contributed by atoms with Gasteiger partial charge in [0.1, 0.15) is 6.34 Å². The number of rotatable bonds is 2. The van der Waals surface area contributed by atoms with Crippen molar-refractivity contribution in [2.45, 2.75) is 25.6 Å². The lowest BCUT2D eigenvalue weighted by atomic mass is 10.2. The third-order valence-corrected chi connectivity index (χ3v) is 1.88. The molecular weight excluding hydrogens is 182 g/mol. The zero-order valence-electron chi connectivity index (χ0n) is 7.97. The number of nitrogens with zero attached hydrogens (tertiary/aromatic N) is 5. The predicted molar refractivity (Wildman–Crippen MR) is 49.7 cm³/mol. The van der Waals surface area contributed by atoms with Crippen molar-refractivity contribution in [3.05, 3.63) is 11.6 Å². The Hall–Kier alpha value is -1.63. The first-order valence-corrected chi connectivity index (χ1v) is 4.29. The van der Waals surface area contributed by atoms with Crippen molar-refractivity contribution in [1.29, 1.82) is 0 Å². The van der Waals surface area contributed by atoms with E-state index in [0.29, 0.717) is 11.6 Å². The summed E-state index contributed by atoms with van der Waals surface area (Å²) in [6.45, 7) is 3.99. The van der Waals surface area contributed by atoms with E-state index in [-0.39, 0.29) is 5.92 Å². The Morgan fingerprint density at radius 2 is 2.29 bits per heavy atom. The fourth-order valence-corrected chi connectivity index (χ4v) is 1.06. The predicted octanol–water partition coefficient (Wildman–Crippen LogP) is 0.491. The van der Waals surface area contributed by atoms with Crippen LogP contribution < -0.4 is 5.73 Å². The van der Waals surface area contributed by atoms with Crippen LogP contribution in [-0.4, -0.2) is 21.5 Å². The SMILES string of the molecule is CC(C)c1n[nH]c(C2(N)N=CN=N2)n1. The van der Waals surface area contributed by atoms with Crippen molar-refractivity contribution in [2.75, 3.05) is 0 Å². The topological polar surface area (TPSA) is 105 Å². The highest BCUT2D eigenvalue weighted by Gasteiger charge is 2.32. The number of aromatic nitrogens is 3. The van der Waals surface area contributed by atoms with E-state index in [9.17, 15) is 0 Å². The van der Waals surface area contributed by atoms with Gasteiger partial charge in [0.2, 0.25) is 0 Å². The molecule has 0 amide bonds. The molecule has 0 saturated heterocycles. The van der Waals surface area contributed by atoms with E-state index >= 15 is 0 Å². The molecule has 1 aliphatic heterocycles. The van der Waals surface area contributed by atoms with E-state index in [0.717, 1.165) is 0 Å². The monoisotopic (exact) mass is 193 g/mol. The van der Waals surface area contributed by atoms with Gasteiger partial charge >= 0.3 is 0 Å². The highest BCUT2D eigenvalue weighted by Crippen LogP contribution is 2.22. The largest absolute Gasteiger partial charge is 0.284 e. The van der Waals surface area contributed by atoms with Gasteiger partial charge in [0, 0.05) is 5.92 Å². The molecule has 3 N–H and O–H groups in total. The van der Waals surface area contributed by atoms with Crippen LogP contribution in [0.3, 0.4) is 0 Å². The zero-order valence-corrected chi connectivity index (χ0v) is 7.97. The van der Waals surface area contributed by atoms with Crippen LogP contribution in [0, 0.1) is 0 Å². The van der Waals surface area contributed by atoms with Gasteiger partial charge in [0.15, 0.2) is 11.6 Å². The number of hydrogen-bond acceptors (Lipinski definition) is 6. The van der Waals surface area contributed by atoms with E-state index in [1.807, 2.05) is 13.8 Å². The summed E-state index contributed by atoms with van der Waals surface area (Å²) < 4.78 is 0. The number of nitrogens with one attached hydrogen (secondary N) is 1. The lowest BCUT2D eigenvalue weighted by Crippen LogP contribution is -2.31. The molecule has 7 heteroatoms. The van der Waals surface area contributed by atoms with Gasteiger partial charge in [-0.05, 0) is 0 Å². The molecular formula is C7H11N7. The zero-order chi connectivity index (χ0) is 10.2. The molecule has 1 unspecified atom stereocenters. The summed E-state index contributed by atoms with van der Waals surface area (Å²) in [5.74, 6) is 0.145. The average Bonchev–Trinajstić information content (AvgIpc) is 2.71. The quantitative estimate of drug-likeness (QED) is 0.713. The molecule has 7 nitrogen and oxygen atoms in total. The Bertz CT molecular complexity index is 376. The number of hydrogen-bond donors (Lipinski definition) is 2. The van der Waals surface area contributed by atoms with E-state index in [4.69, 9.17) is 5.73 Å². The molecule has 1 atom stereocenters. The standard InChI is InChI=1S/C7H11N7/c1-4(2)5-11-6(13-12-5)7(8)9-3-10-14-7/h3-4H,8H2,1-2H3,(H,11,12,13). The molecule has 74 valence electrons. The fourth-order valence-electron chi connectivity index (χ4n) is 1.06. The Kier molecular flexibility index (Phi) is 1.88. The van der Waals surface area contributed by atoms with E-state index in [2.05, 4.69) is 30.4 Å². The van der Waals surface area contributed by atoms with Gasteiger partial charge in [0.05, 0.1) is 0 Å². The van der Waals surface area contributed by atoms with Crippen molar-refractivity contribution in [3.8, 4) is 0 Å². The maximum atomic E-state index is 5.80. The van der Waals surface area contributed by atoms with Crippen LogP contribution in [-0.2, 0) is 5.79 Å². The third-order valence-electron chi connectivity index (χ3n) is 1.88. The molecule has 0 spiro atoms. The van der Waals surface area contributed by atoms with E-state index in [1.54, 1.807) is 0 Å². The number of azo groups is 1. The molecule has 0 aliphatic carbocycles. The Balaban J connectivity index is 2.33. The Morgan fingerprint density at radius 1 is 1.50 bits per heavy atom. The normalized spacial score (nSPS) is 25.1. The molecule has 2 rings (SSSR count). The molecule has 1 aromatic rings. The summed E-state index contributed by atoms with van der Waals surface area (Å²) in [4.78, 5) is 8.10. The minimum absolute atomic E-state index is 0.242. The summed E-state index contributed by atoms with van der Waals surface area (Å²) in [6.07, 6.45) is 1.30. The second kappa shape index (κ2) is 2.95. The summed E-state index contributed by atoms with van der Waals surface area (Å²) in [5, 5.41) is 14.1. The first kappa shape index (κ1) is 8.95. The lowest BCUT2D eigenvalue weighted by Gasteiger charge is -2.10. The molecule has 0 saturated carbocycles. The van der Waals surface area contributed by atoms with Crippen LogP contribution >= 0.6 is 0 Å². The van der Waals surface area contributed by atoms with Crippen molar-refractivity contribution in [3.63, 3.8) is 0 Å². The van der Waals surface area contributed by atoms with Crippen molar-refractivity contribution in [1.82, 2.24) is 15.2 Å². The molecule has 1 aromatic heterocycles. The van der Waals surface area contributed by atoms with Gasteiger partial charge in [0.25, 0.3) is 5.79 Å². The summed E-state index contributed by atoms with van der Waals surface area (Å²) in [6, 6.07) is 0. The minimum Gasteiger partial charge on any atom is -0.280 e. The van der Waals surface area contributed by atoms with Gasteiger partial charge in [-0.25, -0.2) is 9.98 Å². The molecule has 14 heavy (non-hydrogen) atoms. The second-order valence-electron chi connectivity index (χ2n) is 3.38. The minimum atomic E-state index is -1.21. The number of nitrogens with two attached hydrogens (primary N) is 1. The van der Waals surface area contributed by atoms with Crippen LogP contribution in [0.25, 0.3) is 0 Å². The molecule has 1 aliphatic rings. The molecule has 0 fully saturated rings. The molecule has 0 aromatic carbocycles. The molecule has 0 bridgehead atoms. The summed E-state index contributed by atoms with van der Waals surface area (Å²) >= 11 is 0. The van der Waals surface area contributed by atoms with Crippen LogP contribution in [0.1, 0.15) is 31.4 Å². The highest BCUT2D eigenvalue weighted by molar-refractivity contribution is 5.57. The van der Waals surface area contributed by atoms with Gasteiger partial charge in [-0.2, -0.15) is 5.10 Å². The molecule has 0 radical (unpaired) electrons.